The van der Waals surface area contributed by atoms with Gasteiger partial charge in [0.2, 0.25) is 5.91 Å². The van der Waals surface area contributed by atoms with Gasteiger partial charge in [-0.3, -0.25) is 4.79 Å². The van der Waals surface area contributed by atoms with Crippen molar-refractivity contribution in [1.82, 2.24) is 5.32 Å². The van der Waals surface area contributed by atoms with Gasteiger partial charge in [-0.05, 0) is 19.8 Å². The van der Waals surface area contributed by atoms with Crippen LogP contribution in [0, 0.1) is 0 Å². The van der Waals surface area contributed by atoms with E-state index in [4.69, 9.17) is 0 Å². The Morgan fingerprint density at radius 2 is 2.08 bits per heavy atom. The smallest absolute Gasteiger partial charge is 0.246 e. The zero-order chi connectivity index (χ0) is 10.1. The highest BCUT2D eigenvalue weighted by Crippen LogP contribution is 1.96. The van der Waals surface area contributed by atoms with Crippen molar-refractivity contribution in [3.8, 4) is 0 Å². The Hall–Kier alpha value is -1.12. The first-order valence-corrected chi connectivity index (χ1v) is 4.56. The SMILES string of the molecule is C=C(C)C(=O)NCCCCCC=O. The number of hydrogen-bond donors (Lipinski definition) is 1. The molecule has 3 heteroatoms. The topological polar surface area (TPSA) is 46.2 Å². The summed E-state index contributed by atoms with van der Waals surface area (Å²) in [5.74, 6) is -0.0876. The third-order valence-corrected chi connectivity index (χ3v) is 1.67. The number of carbonyl (C=O) groups is 2. The number of amides is 1. The number of nitrogens with one attached hydrogen (secondary N) is 1. The van der Waals surface area contributed by atoms with Gasteiger partial charge in [0.15, 0.2) is 0 Å². The third-order valence-electron chi connectivity index (χ3n) is 1.67. The van der Waals surface area contributed by atoms with E-state index in [-0.39, 0.29) is 5.91 Å². The van der Waals surface area contributed by atoms with E-state index in [0.717, 1.165) is 25.5 Å². The van der Waals surface area contributed by atoms with Crippen LogP contribution in [0.1, 0.15) is 32.6 Å². The second-order valence-corrected chi connectivity index (χ2v) is 3.05. The van der Waals surface area contributed by atoms with Crippen molar-refractivity contribution in [3.05, 3.63) is 12.2 Å². The van der Waals surface area contributed by atoms with Gasteiger partial charge in [-0.1, -0.05) is 13.0 Å². The van der Waals surface area contributed by atoms with Crippen LogP contribution in [0.4, 0.5) is 0 Å². The molecule has 0 radical (unpaired) electrons. The zero-order valence-electron chi connectivity index (χ0n) is 8.14. The Labute approximate surface area is 79.2 Å². The van der Waals surface area contributed by atoms with E-state index in [2.05, 4.69) is 11.9 Å². The summed E-state index contributed by atoms with van der Waals surface area (Å²) in [6, 6.07) is 0. The van der Waals surface area contributed by atoms with Gasteiger partial charge in [-0.2, -0.15) is 0 Å². The average molecular weight is 183 g/mol. The minimum absolute atomic E-state index is 0.0876. The first-order chi connectivity index (χ1) is 6.18. The highest BCUT2D eigenvalue weighted by molar-refractivity contribution is 5.91. The molecule has 3 nitrogen and oxygen atoms in total. The molecule has 0 aromatic rings. The monoisotopic (exact) mass is 183 g/mol. The lowest BCUT2D eigenvalue weighted by atomic mass is 10.2. The van der Waals surface area contributed by atoms with E-state index in [1.807, 2.05) is 0 Å². The molecule has 0 aliphatic rings. The molecular formula is C10H17NO2. The van der Waals surface area contributed by atoms with E-state index < -0.39 is 0 Å². The van der Waals surface area contributed by atoms with Crippen molar-refractivity contribution in [2.45, 2.75) is 32.6 Å². The highest BCUT2D eigenvalue weighted by atomic mass is 16.1. The summed E-state index contributed by atoms with van der Waals surface area (Å²) in [5, 5.41) is 2.73. The minimum atomic E-state index is -0.0876. The molecule has 1 amide bonds. The van der Waals surface area contributed by atoms with E-state index in [0.29, 0.717) is 18.5 Å². The van der Waals surface area contributed by atoms with Crippen molar-refractivity contribution >= 4 is 12.2 Å². The first-order valence-electron chi connectivity index (χ1n) is 4.56. The molecule has 1 N–H and O–H groups in total. The van der Waals surface area contributed by atoms with Crippen molar-refractivity contribution in [2.75, 3.05) is 6.54 Å². The maximum Gasteiger partial charge on any atom is 0.246 e. The van der Waals surface area contributed by atoms with E-state index in [9.17, 15) is 9.59 Å². The summed E-state index contributed by atoms with van der Waals surface area (Å²) in [7, 11) is 0. The lowest BCUT2D eigenvalue weighted by Crippen LogP contribution is -2.24. The number of hydrogen-bond acceptors (Lipinski definition) is 2. The molecule has 0 aliphatic carbocycles. The molecule has 0 aliphatic heterocycles. The molecule has 0 rings (SSSR count). The van der Waals surface area contributed by atoms with Crippen LogP contribution in [0.15, 0.2) is 12.2 Å². The normalized spacial score (nSPS) is 9.31. The molecule has 0 spiro atoms. The Kier molecular flexibility index (Phi) is 6.88. The summed E-state index contributed by atoms with van der Waals surface area (Å²) in [6.45, 7) is 5.88. The highest BCUT2D eigenvalue weighted by Gasteiger charge is 1.98. The fourth-order valence-corrected chi connectivity index (χ4v) is 0.882. The maximum absolute atomic E-state index is 11.0. The van der Waals surface area contributed by atoms with Gasteiger partial charge in [-0.25, -0.2) is 0 Å². The Balaban J connectivity index is 3.21. The van der Waals surface area contributed by atoms with Crippen molar-refractivity contribution in [3.63, 3.8) is 0 Å². The molecule has 0 atom stereocenters. The Bertz CT molecular complexity index is 187. The van der Waals surface area contributed by atoms with Gasteiger partial charge in [0.1, 0.15) is 6.29 Å². The molecule has 0 aromatic carbocycles. The van der Waals surface area contributed by atoms with Gasteiger partial charge in [0.25, 0.3) is 0 Å². The van der Waals surface area contributed by atoms with Crippen molar-refractivity contribution in [2.24, 2.45) is 0 Å². The van der Waals surface area contributed by atoms with Crippen LogP contribution in [-0.4, -0.2) is 18.7 Å². The standard InChI is InChI=1S/C10H17NO2/c1-9(2)10(13)11-7-5-3-4-6-8-12/h8H,1,3-7H2,2H3,(H,11,13). The molecule has 13 heavy (non-hydrogen) atoms. The largest absolute Gasteiger partial charge is 0.352 e. The van der Waals surface area contributed by atoms with Crippen LogP contribution >= 0.6 is 0 Å². The second-order valence-electron chi connectivity index (χ2n) is 3.05. The molecule has 0 aromatic heterocycles. The number of unbranched alkanes of at least 4 members (excludes halogenated alkanes) is 3. The Morgan fingerprint density at radius 1 is 1.38 bits per heavy atom. The summed E-state index contributed by atoms with van der Waals surface area (Å²) in [5.41, 5.74) is 0.535. The molecule has 74 valence electrons. The lowest BCUT2D eigenvalue weighted by Gasteiger charge is -2.03. The molecule has 0 heterocycles. The first kappa shape index (κ1) is 11.9. The molecule has 0 saturated carbocycles. The summed E-state index contributed by atoms with van der Waals surface area (Å²) >= 11 is 0. The van der Waals surface area contributed by atoms with E-state index in [1.165, 1.54) is 0 Å². The molecule has 0 saturated heterocycles. The van der Waals surface area contributed by atoms with Crippen LogP contribution in [0.5, 0.6) is 0 Å². The predicted molar refractivity (Wildman–Crippen MR) is 52.4 cm³/mol. The second kappa shape index (κ2) is 7.53. The van der Waals surface area contributed by atoms with Gasteiger partial charge >= 0.3 is 0 Å². The predicted octanol–water partition coefficient (Wildman–Crippen LogP) is 1.44. The van der Waals surface area contributed by atoms with Gasteiger partial charge < -0.3 is 10.1 Å². The van der Waals surface area contributed by atoms with E-state index in [1.54, 1.807) is 6.92 Å². The zero-order valence-corrected chi connectivity index (χ0v) is 8.14. The van der Waals surface area contributed by atoms with Gasteiger partial charge in [0.05, 0.1) is 0 Å². The van der Waals surface area contributed by atoms with Crippen LogP contribution in [0.3, 0.4) is 0 Å². The van der Waals surface area contributed by atoms with Crippen LogP contribution in [0.2, 0.25) is 0 Å². The molecule has 0 fully saturated rings. The van der Waals surface area contributed by atoms with Crippen molar-refractivity contribution in [1.29, 1.82) is 0 Å². The minimum Gasteiger partial charge on any atom is -0.352 e. The summed E-state index contributed by atoms with van der Waals surface area (Å²) in [4.78, 5) is 20.9. The fourth-order valence-electron chi connectivity index (χ4n) is 0.882. The third kappa shape index (κ3) is 7.25. The molecule has 0 unspecified atom stereocenters. The Morgan fingerprint density at radius 3 is 2.62 bits per heavy atom. The van der Waals surface area contributed by atoms with Crippen molar-refractivity contribution < 1.29 is 9.59 Å². The van der Waals surface area contributed by atoms with Gasteiger partial charge in [-0.15, -0.1) is 0 Å². The molecule has 0 bridgehead atoms. The van der Waals surface area contributed by atoms with Crippen LogP contribution < -0.4 is 5.32 Å². The quantitative estimate of drug-likeness (QED) is 0.369. The number of rotatable bonds is 7. The molecular weight excluding hydrogens is 166 g/mol. The maximum atomic E-state index is 11.0. The summed E-state index contributed by atoms with van der Waals surface area (Å²) in [6.07, 6.45) is 4.36. The van der Waals surface area contributed by atoms with E-state index >= 15 is 0 Å². The lowest BCUT2D eigenvalue weighted by molar-refractivity contribution is -0.117. The fraction of sp³-hybridized carbons (Fsp3) is 0.600. The number of aldehydes is 1. The summed E-state index contributed by atoms with van der Waals surface area (Å²) < 4.78 is 0. The number of carbonyl (C=O) groups excluding carboxylic acids is 2. The average Bonchev–Trinajstić information content (AvgIpc) is 2.10. The van der Waals surface area contributed by atoms with Gasteiger partial charge in [0, 0.05) is 18.5 Å². The van der Waals surface area contributed by atoms with Crippen LogP contribution in [-0.2, 0) is 9.59 Å². The van der Waals surface area contributed by atoms with Crippen LogP contribution in [0.25, 0.3) is 0 Å².